The van der Waals surface area contributed by atoms with E-state index in [2.05, 4.69) is 32.0 Å². The zero-order valence-corrected chi connectivity index (χ0v) is 16.3. The summed E-state index contributed by atoms with van der Waals surface area (Å²) in [5.74, 6) is 0.0510. The summed E-state index contributed by atoms with van der Waals surface area (Å²) in [6.07, 6.45) is 13.2. The van der Waals surface area contributed by atoms with Crippen LogP contribution >= 0.6 is 0 Å². The third-order valence-electron chi connectivity index (χ3n) is 5.32. The molecule has 1 saturated carbocycles. The van der Waals surface area contributed by atoms with Gasteiger partial charge in [0, 0.05) is 11.6 Å². The third-order valence-corrected chi connectivity index (χ3v) is 5.32. The molecule has 0 atom stereocenters. The molecule has 1 aliphatic carbocycles. The third kappa shape index (κ3) is 5.10. The van der Waals surface area contributed by atoms with Crippen molar-refractivity contribution >= 4 is 11.5 Å². The molecule has 0 bridgehead atoms. The summed E-state index contributed by atoms with van der Waals surface area (Å²) >= 11 is 0. The molecule has 2 rings (SSSR count). The average molecular weight is 354 g/mol. The first-order valence-corrected chi connectivity index (χ1v) is 9.31. The van der Waals surface area contributed by atoms with Crippen molar-refractivity contribution in [2.24, 2.45) is 0 Å². The number of ether oxygens (including phenoxy) is 1. The van der Waals surface area contributed by atoms with E-state index in [1.807, 2.05) is 18.2 Å². The van der Waals surface area contributed by atoms with Crippen molar-refractivity contribution in [3.8, 4) is 5.75 Å². The van der Waals surface area contributed by atoms with Crippen LogP contribution in [0.1, 0.15) is 64.0 Å². The van der Waals surface area contributed by atoms with Gasteiger partial charge in [0.05, 0.1) is 7.11 Å². The van der Waals surface area contributed by atoms with Crippen molar-refractivity contribution in [3.05, 3.63) is 59.2 Å². The predicted octanol–water partition coefficient (Wildman–Crippen LogP) is 5.91. The number of benzene rings is 1. The Morgan fingerprint density at radius 2 is 1.88 bits per heavy atom. The van der Waals surface area contributed by atoms with Gasteiger partial charge in [-0.3, -0.25) is 0 Å². The maximum Gasteiger partial charge on any atom is 0.328 e. The minimum atomic E-state index is -0.923. The van der Waals surface area contributed by atoms with E-state index < -0.39 is 5.97 Å². The van der Waals surface area contributed by atoms with E-state index in [-0.39, 0.29) is 5.41 Å². The Balaban J connectivity index is 2.29. The Labute approximate surface area is 157 Å². The van der Waals surface area contributed by atoms with Gasteiger partial charge in [-0.2, -0.15) is 0 Å². The summed E-state index contributed by atoms with van der Waals surface area (Å²) < 4.78 is 5.65. The van der Waals surface area contributed by atoms with Crippen LogP contribution in [0, 0.1) is 0 Å². The van der Waals surface area contributed by atoms with Crippen molar-refractivity contribution in [1.82, 2.24) is 0 Å². The number of carboxylic acids is 1. The fourth-order valence-electron chi connectivity index (χ4n) is 3.71. The van der Waals surface area contributed by atoms with Gasteiger partial charge in [-0.25, -0.2) is 4.79 Å². The summed E-state index contributed by atoms with van der Waals surface area (Å²) in [5.41, 5.74) is 4.52. The molecule has 0 heterocycles. The highest BCUT2D eigenvalue weighted by atomic mass is 16.5. The quantitative estimate of drug-likeness (QED) is 0.510. The minimum Gasteiger partial charge on any atom is -0.496 e. The molecule has 0 aliphatic heterocycles. The Morgan fingerprint density at radius 3 is 2.50 bits per heavy atom. The van der Waals surface area contributed by atoms with Crippen LogP contribution in [0.5, 0.6) is 5.75 Å². The van der Waals surface area contributed by atoms with E-state index in [1.165, 1.54) is 49.3 Å². The molecule has 0 amide bonds. The topological polar surface area (TPSA) is 46.5 Å². The van der Waals surface area contributed by atoms with E-state index in [4.69, 9.17) is 9.84 Å². The smallest absolute Gasteiger partial charge is 0.328 e. The molecule has 1 aliphatic rings. The Morgan fingerprint density at radius 1 is 1.19 bits per heavy atom. The molecule has 140 valence electrons. The van der Waals surface area contributed by atoms with Gasteiger partial charge in [-0.05, 0) is 60.9 Å². The molecule has 0 aromatic heterocycles. The molecule has 1 aromatic carbocycles. The highest BCUT2D eigenvalue weighted by Gasteiger charge is 2.31. The lowest BCUT2D eigenvalue weighted by Gasteiger charge is -2.35. The van der Waals surface area contributed by atoms with Gasteiger partial charge in [0.25, 0.3) is 0 Å². The van der Waals surface area contributed by atoms with Crippen molar-refractivity contribution in [1.29, 1.82) is 0 Å². The van der Waals surface area contributed by atoms with Crippen LogP contribution in [0.25, 0.3) is 5.57 Å². The van der Waals surface area contributed by atoms with Gasteiger partial charge in [0.15, 0.2) is 0 Å². The van der Waals surface area contributed by atoms with Crippen LogP contribution in [0.15, 0.2) is 48.1 Å². The lowest BCUT2D eigenvalue weighted by molar-refractivity contribution is -0.131. The first-order chi connectivity index (χ1) is 12.4. The number of methoxy groups -OCH3 is 1. The lowest BCUT2D eigenvalue weighted by atomic mass is 9.70. The van der Waals surface area contributed by atoms with Gasteiger partial charge in [-0.15, -0.1) is 0 Å². The molecule has 3 heteroatoms. The van der Waals surface area contributed by atoms with Gasteiger partial charge in [0.2, 0.25) is 0 Å². The number of hydrogen-bond donors (Lipinski definition) is 1. The van der Waals surface area contributed by atoms with Crippen LogP contribution in [0.3, 0.4) is 0 Å². The van der Waals surface area contributed by atoms with Gasteiger partial charge in [0.1, 0.15) is 5.75 Å². The van der Waals surface area contributed by atoms with Crippen LogP contribution in [-0.4, -0.2) is 18.2 Å². The molecular weight excluding hydrogens is 324 g/mol. The Hall–Kier alpha value is -2.29. The molecule has 0 unspecified atom stereocenters. The Kier molecular flexibility index (Phi) is 6.84. The summed E-state index contributed by atoms with van der Waals surface area (Å²) in [7, 11) is 1.74. The second-order valence-corrected chi connectivity index (χ2v) is 7.47. The summed E-state index contributed by atoms with van der Waals surface area (Å²) in [5, 5.41) is 8.76. The second kappa shape index (κ2) is 8.88. The molecule has 1 N–H and O–H groups in total. The summed E-state index contributed by atoms with van der Waals surface area (Å²) in [6.45, 7) is 6.21. The first kappa shape index (κ1) is 20.0. The van der Waals surface area contributed by atoms with E-state index in [0.29, 0.717) is 5.57 Å². The van der Waals surface area contributed by atoms with Gasteiger partial charge in [-0.1, -0.05) is 50.5 Å². The van der Waals surface area contributed by atoms with Crippen LogP contribution in [-0.2, 0) is 10.2 Å². The number of carboxylic acid groups (broad SMARTS) is 1. The van der Waals surface area contributed by atoms with E-state index in [1.54, 1.807) is 14.0 Å². The second-order valence-electron chi connectivity index (χ2n) is 7.47. The normalized spacial score (nSPS) is 18.2. The van der Waals surface area contributed by atoms with Gasteiger partial charge >= 0.3 is 5.97 Å². The first-order valence-electron chi connectivity index (χ1n) is 9.31. The largest absolute Gasteiger partial charge is 0.496 e. The van der Waals surface area contributed by atoms with Crippen molar-refractivity contribution < 1.29 is 14.6 Å². The molecule has 0 saturated heterocycles. The maximum absolute atomic E-state index is 10.7. The SMILES string of the molecule is COc1ccc(\C(C)=C/C=C/C(C)=C\C(=O)O)cc1C1(C)CCCCC1. The van der Waals surface area contributed by atoms with Crippen molar-refractivity contribution in [2.45, 2.75) is 58.3 Å². The molecular formula is C23H30O3. The molecule has 26 heavy (non-hydrogen) atoms. The molecule has 0 radical (unpaired) electrons. The number of aliphatic carboxylic acids is 1. The lowest BCUT2D eigenvalue weighted by Crippen LogP contribution is -2.25. The van der Waals surface area contributed by atoms with E-state index in [9.17, 15) is 4.79 Å². The number of carbonyl (C=O) groups is 1. The molecule has 0 spiro atoms. The number of allylic oxidation sites excluding steroid dienone is 5. The average Bonchev–Trinajstić information content (AvgIpc) is 2.61. The van der Waals surface area contributed by atoms with E-state index in [0.717, 1.165) is 11.3 Å². The minimum absolute atomic E-state index is 0.177. The zero-order valence-electron chi connectivity index (χ0n) is 16.3. The molecule has 1 aromatic rings. The standard InChI is InChI=1S/C23H30O3/c1-17(15-22(24)25)9-8-10-18(2)19-11-12-21(26-4)20(16-19)23(3)13-6-5-7-14-23/h8-12,15-16H,5-7,13-14H2,1-4H3,(H,24,25)/b9-8+,17-15-,18-10-. The van der Waals surface area contributed by atoms with E-state index >= 15 is 0 Å². The maximum atomic E-state index is 10.7. The van der Waals surface area contributed by atoms with Crippen molar-refractivity contribution in [3.63, 3.8) is 0 Å². The highest BCUT2D eigenvalue weighted by molar-refractivity contribution is 5.81. The van der Waals surface area contributed by atoms with Crippen molar-refractivity contribution in [2.75, 3.05) is 7.11 Å². The summed E-state index contributed by atoms with van der Waals surface area (Å²) in [6, 6.07) is 6.43. The predicted molar refractivity (Wildman–Crippen MR) is 108 cm³/mol. The molecule has 3 nitrogen and oxygen atoms in total. The van der Waals surface area contributed by atoms with Crippen LogP contribution < -0.4 is 4.74 Å². The fraction of sp³-hybridized carbons (Fsp3) is 0.435. The van der Waals surface area contributed by atoms with Crippen LogP contribution in [0.4, 0.5) is 0 Å². The zero-order chi connectivity index (χ0) is 19.2. The molecule has 1 fully saturated rings. The number of rotatable bonds is 6. The Bertz CT molecular complexity index is 732. The monoisotopic (exact) mass is 354 g/mol. The number of hydrogen-bond acceptors (Lipinski definition) is 2. The highest BCUT2D eigenvalue weighted by Crippen LogP contribution is 2.43. The fourth-order valence-corrected chi connectivity index (χ4v) is 3.71. The summed E-state index contributed by atoms with van der Waals surface area (Å²) in [4.78, 5) is 10.7. The van der Waals surface area contributed by atoms with Crippen LogP contribution in [0.2, 0.25) is 0 Å². The van der Waals surface area contributed by atoms with Gasteiger partial charge < -0.3 is 9.84 Å².